The Balaban J connectivity index is 1.69. The van der Waals surface area contributed by atoms with Gasteiger partial charge in [0.05, 0.1) is 23.9 Å². The molecule has 0 aliphatic heterocycles. The van der Waals surface area contributed by atoms with E-state index in [2.05, 4.69) is 25.9 Å². The van der Waals surface area contributed by atoms with Crippen molar-refractivity contribution in [3.63, 3.8) is 0 Å². The van der Waals surface area contributed by atoms with Crippen molar-refractivity contribution >= 4 is 33.2 Å². The highest BCUT2D eigenvalue weighted by Crippen LogP contribution is 2.32. The van der Waals surface area contributed by atoms with Crippen LogP contribution in [0.1, 0.15) is 16.1 Å². The van der Waals surface area contributed by atoms with Gasteiger partial charge in [0.2, 0.25) is 0 Å². The number of thiazole rings is 1. The van der Waals surface area contributed by atoms with Gasteiger partial charge in [-0.1, -0.05) is 12.1 Å². The summed E-state index contributed by atoms with van der Waals surface area (Å²) in [4.78, 5) is 20.5. The molecule has 0 N–H and O–H groups in total. The Kier molecular flexibility index (Phi) is 5.22. The molecule has 0 fully saturated rings. The molecule has 0 amide bonds. The minimum Gasteiger partial charge on any atom is -0.496 e. The summed E-state index contributed by atoms with van der Waals surface area (Å²) in [7, 11) is 1.63. The van der Waals surface area contributed by atoms with E-state index in [9.17, 15) is 4.79 Å². The number of halogens is 1. The number of hydrogen-bond acceptors (Lipinski definition) is 6. The Bertz CT molecular complexity index is 866. The van der Waals surface area contributed by atoms with Crippen LogP contribution in [0.2, 0.25) is 0 Å². The first-order chi connectivity index (χ1) is 11.7. The third-order valence-electron chi connectivity index (χ3n) is 3.18. The van der Waals surface area contributed by atoms with E-state index in [1.54, 1.807) is 19.4 Å². The molecule has 0 bridgehead atoms. The van der Waals surface area contributed by atoms with Crippen LogP contribution < -0.4 is 4.74 Å². The van der Waals surface area contributed by atoms with Crippen LogP contribution in [0.4, 0.5) is 0 Å². The summed E-state index contributed by atoms with van der Waals surface area (Å²) < 4.78 is 11.4. The number of nitrogens with zero attached hydrogens (tertiary/aromatic N) is 2. The highest BCUT2D eigenvalue weighted by molar-refractivity contribution is 9.10. The molecule has 0 spiro atoms. The first-order valence-corrected chi connectivity index (χ1v) is 8.70. The van der Waals surface area contributed by atoms with Crippen LogP contribution in [0.25, 0.3) is 10.6 Å². The van der Waals surface area contributed by atoms with Gasteiger partial charge in [0.1, 0.15) is 17.4 Å². The smallest absolute Gasteiger partial charge is 0.340 e. The van der Waals surface area contributed by atoms with Gasteiger partial charge in [-0.05, 0) is 34.1 Å². The molecule has 3 rings (SSSR count). The number of hydrogen-bond donors (Lipinski definition) is 0. The summed E-state index contributed by atoms with van der Waals surface area (Å²) in [5.74, 6) is 0.325. The number of carbonyl (C=O) groups excluding carboxylic acids is 1. The second kappa shape index (κ2) is 7.55. The number of esters is 1. The SMILES string of the molecule is COc1ccccc1-c1nc(COC(=O)c2cncc(Br)c2)cs1. The van der Waals surface area contributed by atoms with E-state index in [0.29, 0.717) is 11.3 Å². The monoisotopic (exact) mass is 404 g/mol. The topological polar surface area (TPSA) is 61.3 Å². The molecule has 3 aromatic rings. The van der Waals surface area contributed by atoms with E-state index < -0.39 is 5.97 Å². The molecule has 2 heterocycles. The van der Waals surface area contributed by atoms with Crippen LogP contribution in [0, 0.1) is 0 Å². The predicted molar refractivity (Wildman–Crippen MR) is 95.2 cm³/mol. The Morgan fingerprint density at radius 1 is 1.29 bits per heavy atom. The van der Waals surface area contributed by atoms with E-state index in [-0.39, 0.29) is 6.61 Å². The minimum absolute atomic E-state index is 0.108. The van der Waals surface area contributed by atoms with Crippen LogP contribution in [0.15, 0.2) is 52.6 Å². The third kappa shape index (κ3) is 3.80. The van der Waals surface area contributed by atoms with Gasteiger partial charge >= 0.3 is 5.97 Å². The highest BCUT2D eigenvalue weighted by atomic mass is 79.9. The molecule has 2 aromatic heterocycles. The normalized spacial score (nSPS) is 10.4. The zero-order valence-electron chi connectivity index (χ0n) is 12.7. The average molecular weight is 405 g/mol. The lowest BCUT2D eigenvalue weighted by molar-refractivity contribution is 0.0468. The molecule has 24 heavy (non-hydrogen) atoms. The maximum atomic E-state index is 12.0. The molecule has 0 radical (unpaired) electrons. The number of para-hydroxylation sites is 1. The molecule has 0 aliphatic carbocycles. The second-order valence-corrected chi connectivity index (χ2v) is 6.59. The van der Waals surface area contributed by atoms with Crippen molar-refractivity contribution in [3.05, 3.63) is 63.8 Å². The largest absolute Gasteiger partial charge is 0.496 e. The van der Waals surface area contributed by atoms with Crippen molar-refractivity contribution in [2.75, 3.05) is 7.11 Å². The number of carbonyl (C=O) groups is 1. The van der Waals surface area contributed by atoms with Crippen molar-refractivity contribution < 1.29 is 14.3 Å². The molecule has 5 nitrogen and oxygen atoms in total. The number of benzene rings is 1. The number of pyridine rings is 1. The first-order valence-electron chi connectivity index (χ1n) is 7.03. The molecular weight excluding hydrogens is 392 g/mol. The highest BCUT2D eigenvalue weighted by Gasteiger charge is 2.12. The van der Waals surface area contributed by atoms with Gasteiger partial charge < -0.3 is 9.47 Å². The van der Waals surface area contributed by atoms with Crippen molar-refractivity contribution in [2.45, 2.75) is 6.61 Å². The summed E-state index contributed by atoms with van der Waals surface area (Å²) >= 11 is 4.76. The van der Waals surface area contributed by atoms with Crippen molar-refractivity contribution in [1.82, 2.24) is 9.97 Å². The molecule has 1 aromatic carbocycles. The van der Waals surface area contributed by atoms with Gasteiger partial charge in [-0.25, -0.2) is 9.78 Å². The number of methoxy groups -OCH3 is 1. The summed E-state index contributed by atoms with van der Waals surface area (Å²) in [6, 6.07) is 9.33. The number of ether oxygens (including phenoxy) is 2. The minimum atomic E-state index is -0.435. The number of aromatic nitrogens is 2. The van der Waals surface area contributed by atoms with E-state index in [1.807, 2.05) is 29.6 Å². The lowest BCUT2D eigenvalue weighted by Gasteiger charge is -2.05. The maximum absolute atomic E-state index is 12.0. The van der Waals surface area contributed by atoms with Gasteiger partial charge in [-0.15, -0.1) is 11.3 Å². The average Bonchev–Trinajstić information content (AvgIpc) is 3.08. The van der Waals surface area contributed by atoms with Gasteiger partial charge in [0.15, 0.2) is 0 Å². The Morgan fingerprint density at radius 3 is 2.92 bits per heavy atom. The lowest BCUT2D eigenvalue weighted by atomic mass is 10.2. The second-order valence-electron chi connectivity index (χ2n) is 4.81. The van der Waals surface area contributed by atoms with Gasteiger partial charge in [0, 0.05) is 22.2 Å². The van der Waals surface area contributed by atoms with Gasteiger partial charge in [-0.3, -0.25) is 4.98 Å². The molecule has 0 saturated heterocycles. The maximum Gasteiger partial charge on any atom is 0.340 e. The Labute approximate surface area is 151 Å². The first kappa shape index (κ1) is 16.6. The lowest BCUT2D eigenvalue weighted by Crippen LogP contribution is -2.05. The summed E-state index contributed by atoms with van der Waals surface area (Å²) in [5.41, 5.74) is 2.00. The number of rotatable bonds is 5. The van der Waals surface area contributed by atoms with Crippen LogP contribution in [0.3, 0.4) is 0 Å². The third-order valence-corrected chi connectivity index (χ3v) is 4.54. The van der Waals surface area contributed by atoms with E-state index >= 15 is 0 Å². The van der Waals surface area contributed by atoms with Crippen LogP contribution in [-0.4, -0.2) is 23.0 Å². The van der Waals surface area contributed by atoms with Crippen LogP contribution in [0.5, 0.6) is 5.75 Å². The Hall–Kier alpha value is -2.25. The predicted octanol–water partition coefficient (Wildman–Crippen LogP) is 4.33. The van der Waals surface area contributed by atoms with Crippen molar-refractivity contribution in [2.24, 2.45) is 0 Å². The van der Waals surface area contributed by atoms with Crippen LogP contribution >= 0.6 is 27.3 Å². The van der Waals surface area contributed by atoms with Gasteiger partial charge in [0.25, 0.3) is 0 Å². The summed E-state index contributed by atoms with van der Waals surface area (Å²) in [5, 5.41) is 2.69. The van der Waals surface area contributed by atoms with E-state index in [4.69, 9.17) is 9.47 Å². The van der Waals surface area contributed by atoms with Crippen molar-refractivity contribution in [3.8, 4) is 16.3 Å². The Morgan fingerprint density at radius 2 is 2.12 bits per heavy atom. The summed E-state index contributed by atoms with van der Waals surface area (Å²) in [6.45, 7) is 0.108. The van der Waals surface area contributed by atoms with E-state index in [1.165, 1.54) is 17.5 Å². The molecule has 0 unspecified atom stereocenters. The van der Waals surface area contributed by atoms with Crippen molar-refractivity contribution in [1.29, 1.82) is 0 Å². The molecule has 0 atom stereocenters. The molecule has 122 valence electrons. The summed E-state index contributed by atoms with van der Waals surface area (Å²) in [6.07, 6.45) is 3.07. The van der Waals surface area contributed by atoms with Gasteiger partial charge in [-0.2, -0.15) is 0 Å². The molecule has 7 heteroatoms. The molecule has 0 saturated carbocycles. The zero-order chi connectivity index (χ0) is 16.9. The van der Waals surface area contributed by atoms with Crippen LogP contribution in [-0.2, 0) is 11.3 Å². The fourth-order valence-corrected chi connectivity index (χ4v) is 3.26. The van der Waals surface area contributed by atoms with E-state index in [0.717, 1.165) is 20.8 Å². The quantitative estimate of drug-likeness (QED) is 0.592. The standard InChI is InChI=1S/C17H13BrN2O3S/c1-22-15-5-3-2-4-14(15)16-20-13(10-24-16)9-23-17(21)11-6-12(18)8-19-7-11/h2-8,10H,9H2,1H3. The molecular formula is C17H13BrN2O3S. The zero-order valence-corrected chi connectivity index (χ0v) is 15.1. The fraction of sp³-hybridized carbons (Fsp3) is 0.118. The molecule has 0 aliphatic rings. The fourth-order valence-electron chi connectivity index (χ4n) is 2.06.